The van der Waals surface area contributed by atoms with Crippen LogP contribution < -0.4 is 16.6 Å². The van der Waals surface area contributed by atoms with Gasteiger partial charge in [-0.15, -0.1) is 11.3 Å². The summed E-state index contributed by atoms with van der Waals surface area (Å²) in [5.74, 6) is -0.414. The summed E-state index contributed by atoms with van der Waals surface area (Å²) in [5.41, 5.74) is -0.208. The molecule has 0 aliphatic heterocycles. The molecule has 30 heavy (non-hydrogen) atoms. The Hall–Kier alpha value is -2.87. The monoisotopic (exact) mass is 459 g/mol. The van der Waals surface area contributed by atoms with Crippen molar-refractivity contribution in [3.05, 3.63) is 90.4 Å². The fourth-order valence-electron chi connectivity index (χ4n) is 3.16. The lowest BCUT2D eigenvalue weighted by atomic mass is 10.3. The molecule has 0 saturated heterocycles. The second kappa shape index (κ2) is 8.10. The van der Waals surface area contributed by atoms with Crippen molar-refractivity contribution >= 4 is 56.3 Å². The van der Waals surface area contributed by atoms with E-state index in [4.69, 9.17) is 23.2 Å². The first-order valence-corrected chi connectivity index (χ1v) is 10.5. The van der Waals surface area contributed by atoms with E-state index in [0.29, 0.717) is 31.6 Å². The third-order valence-corrected chi connectivity index (χ3v) is 5.96. The molecule has 2 heterocycles. The second-order valence-corrected chi connectivity index (χ2v) is 8.73. The van der Waals surface area contributed by atoms with Crippen LogP contribution in [-0.4, -0.2) is 15.0 Å². The number of halogens is 2. The van der Waals surface area contributed by atoms with Gasteiger partial charge in [-0.05, 0) is 49.4 Å². The molecular weight excluding hydrogens is 445 g/mol. The van der Waals surface area contributed by atoms with E-state index >= 15 is 0 Å². The lowest BCUT2D eigenvalue weighted by Crippen LogP contribution is -2.40. The van der Waals surface area contributed by atoms with Crippen molar-refractivity contribution in [1.82, 2.24) is 9.13 Å². The third kappa shape index (κ3) is 3.92. The van der Waals surface area contributed by atoms with Crippen LogP contribution >= 0.6 is 34.5 Å². The van der Waals surface area contributed by atoms with E-state index in [0.717, 1.165) is 9.44 Å². The average molecular weight is 460 g/mol. The average Bonchev–Trinajstić information content (AvgIpc) is 3.07. The molecule has 4 rings (SSSR count). The zero-order valence-corrected chi connectivity index (χ0v) is 18.0. The van der Waals surface area contributed by atoms with Gasteiger partial charge in [0.1, 0.15) is 11.4 Å². The zero-order valence-electron chi connectivity index (χ0n) is 15.7. The number of fused-ring (bicyclic) bond motifs is 1. The molecule has 2 aromatic heterocycles. The summed E-state index contributed by atoms with van der Waals surface area (Å²) in [6.07, 6.45) is 0. The molecule has 0 aliphatic carbocycles. The Labute approximate surface area is 184 Å². The quantitative estimate of drug-likeness (QED) is 0.489. The van der Waals surface area contributed by atoms with Crippen molar-refractivity contribution in [2.75, 3.05) is 5.32 Å². The summed E-state index contributed by atoms with van der Waals surface area (Å²) in [6.45, 7) is 1.58. The fraction of sp³-hybridized carbons (Fsp3) is 0.0952. The van der Waals surface area contributed by atoms with Gasteiger partial charge in [0.2, 0.25) is 5.91 Å². The highest BCUT2D eigenvalue weighted by atomic mass is 35.5. The van der Waals surface area contributed by atoms with Crippen molar-refractivity contribution in [1.29, 1.82) is 0 Å². The molecule has 0 atom stereocenters. The minimum absolute atomic E-state index is 0.261. The molecule has 2 aromatic carbocycles. The normalized spacial score (nSPS) is 11.0. The Morgan fingerprint density at radius 2 is 1.73 bits per heavy atom. The molecule has 0 unspecified atom stereocenters. The number of anilines is 1. The van der Waals surface area contributed by atoms with Crippen LogP contribution in [0, 0.1) is 6.92 Å². The number of hydrogen-bond donors (Lipinski definition) is 1. The molecule has 0 saturated carbocycles. The van der Waals surface area contributed by atoms with Crippen molar-refractivity contribution < 1.29 is 4.79 Å². The van der Waals surface area contributed by atoms with Gasteiger partial charge in [0.05, 0.1) is 11.1 Å². The van der Waals surface area contributed by atoms with Crippen molar-refractivity contribution in [3.63, 3.8) is 0 Å². The number of rotatable bonds is 4. The molecule has 0 aliphatic rings. The summed E-state index contributed by atoms with van der Waals surface area (Å²) < 4.78 is 2.34. The van der Waals surface area contributed by atoms with Gasteiger partial charge in [0, 0.05) is 20.6 Å². The maximum Gasteiger partial charge on any atom is 0.337 e. The number of nitrogens with zero attached hydrogens (tertiary/aromatic N) is 2. The van der Waals surface area contributed by atoms with E-state index in [-0.39, 0.29) is 6.54 Å². The Morgan fingerprint density at radius 1 is 1.03 bits per heavy atom. The van der Waals surface area contributed by atoms with Crippen molar-refractivity contribution in [3.8, 4) is 5.69 Å². The molecule has 0 bridgehead atoms. The van der Waals surface area contributed by atoms with Crippen LogP contribution in [0.4, 0.5) is 5.69 Å². The maximum atomic E-state index is 13.3. The summed E-state index contributed by atoms with van der Waals surface area (Å²) in [7, 11) is 0. The van der Waals surface area contributed by atoms with Crippen LogP contribution in [0.3, 0.4) is 0 Å². The number of carbonyl (C=O) groups excluding carboxylic acids is 1. The summed E-state index contributed by atoms with van der Waals surface area (Å²) in [4.78, 5) is 40.3. The number of hydrogen-bond acceptors (Lipinski definition) is 4. The third-order valence-electron chi connectivity index (χ3n) is 4.41. The van der Waals surface area contributed by atoms with Crippen LogP contribution in [0.15, 0.2) is 64.2 Å². The summed E-state index contributed by atoms with van der Waals surface area (Å²) in [5, 5.41) is 3.97. The van der Waals surface area contributed by atoms with Gasteiger partial charge in [-0.25, -0.2) is 9.36 Å². The van der Waals surface area contributed by atoms with E-state index in [9.17, 15) is 14.4 Å². The van der Waals surface area contributed by atoms with E-state index in [1.165, 1.54) is 22.0 Å². The van der Waals surface area contributed by atoms with Crippen LogP contribution in [0.2, 0.25) is 10.0 Å². The first-order chi connectivity index (χ1) is 14.3. The molecule has 4 aromatic rings. The minimum atomic E-state index is -0.613. The minimum Gasteiger partial charge on any atom is -0.324 e. The number of benzene rings is 2. The summed E-state index contributed by atoms with van der Waals surface area (Å²) >= 11 is 13.3. The molecule has 1 N–H and O–H groups in total. The van der Waals surface area contributed by atoms with E-state index in [1.54, 1.807) is 48.5 Å². The molecule has 6 nitrogen and oxygen atoms in total. The lowest BCUT2D eigenvalue weighted by molar-refractivity contribution is -0.116. The van der Waals surface area contributed by atoms with Crippen molar-refractivity contribution in [2.45, 2.75) is 13.5 Å². The van der Waals surface area contributed by atoms with E-state index in [2.05, 4.69) is 5.32 Å². The van der Waals surface area contributed by atoms with Gasteiger partial charge in [-0.3, -0.25) is 14.2 Å². The molecule has 1 amide bonds. The Kier molecular flexibility index (Phi) is 5.51. The standard InChI is InChI=1S/C21H15Cl2N3O3S/c1-12-8-17-19(28)26(16-7-3-5-14(23)10-16)21(29)25(20(17)30-12)11-18(27)24-15-6-2-4-13(22)9-15/h2-10H,11H2,1H3,(H,24,27). The highest BCUT2D eigenvalue weighted by molar-refractivity contribution is 7.18. The van der Waals surface area contributed by atoms with Crippen LogP contribution in [0.5, 0.6) is 0 Å². The predicted octanol–water partition coefficient (Wildman–Crippen LogP) is 4.47. The Bertz CT molecular complexity index is 1400. The zero-order chi connectivity index (χ0) is 21.4. The van der Waals surface area contributed by atoms with Crippen LogP contribution in [-0.2, 0) is 11.3 Å². The van der Waals surface area contributed by atoms with Gasteiger partial charge >= 0.3 is 5.69 Å². The van der Waals surface area contributed by atoms with Crippen LogP contribution in [0.25, 0.3) is 15.9 Å². The van der Waals surface area contributed by atoms with Gasteiger partial charge in [-0.1, -0.05) is 35.3 Å². The second-order valence-electron chi connectivity index (χ2n) is 6.62. The van der Waals surface area contributed by atoms with Gasteiger partial charge in [0.15, 0.2) is 0 Å². The number of carbonyl (C=O) groups is 1. The Balaban J connectivity index is 1.84. The molecular formula is C21H15Cl2N3O3S. The highest BCUT2D eigenvalue weighted by Crippen LogP contribution is 2.22. The SMILES string of the molecule is Cc1cc2c(=O)n(-c3cccc(Cl)c3)c(=O)n(CC(=O)Nc3cccc(Cl)c3)c2s1. The molecule has 0 fully saturated rings. The van der Waals surface area contributed by atoms with Crippen LogP contribution in [0.1, 0.15) is 4.88 Å². The largest absolute Gasteiger partial charge is 0.337 e. The number of aromatic nitrogens is 2. The Morgan fingerprint density at radius 3 is 2.43 bits per heavy atom. The highest BCUT2D eigenvalue weighted by Gasteiger charge is 2.19. The summed E-state index contributed by atoms with van der Waals surface area (Å²) in [6, 6.07) is 14.9. The lowest BCUT2D eigenvalue weighted by Gasteiger charge is -2.12. The fourth-order valence-corrected chi connectivity index (χ4v) is 4.53. The maximum absolute atomic E-state index is 13.3. The smallest absolute Gasteiger partial charge is 0.324 e. The van der Waals surface area contributed by atoms with E-state index < -0.39 is 17.2 Å². The topological polar surface area (TPSA) is 73.1 Å². The number of thiophene rings is 1. The van der Waals surface area contributed by atoms with Gasteiger partial charge < -0.3 is 5.32 Å². The molecule has 152 valence electrons. The van der Waals surface area contributed by atoms with Gasteiger partial charge in [-0.2, -0.15) is 0 Å². The first kappa shape index (κ1) is 20.4. The molecule has 0 spiro atoms. The number of amides is 1. The van der Waals surface area contributed by atoms with Gasteiger partial charge in [0.25, 0.3) is 5.56 Å². The number of aryl methyl sites for hydroxylation is 1. The molecule has 0 radical (unpaired) electrons. The number of nitrogens with one attached hydrogen (secondary N) is 1. The molecule has 9 heteroatoms. The first-order valence-electron chi connectivity index (χ1n) is 8.91. The predicted molar refractivity (Wildman–Crippen MR) is 122 cm³/mol. The van der Waals surface area contributed by atoms with E-state index in [1.807, 2.05) is 6.92 Å². The van der Waals surface area contributed by atoms with Crippen molar-refractivity contribution in [2.24, 2.45) is 0 Å².